The zero-order chi connectivity index (χ0) is 19.1. The van der Waals surface area contributed by atoms with E-state index in [-0.39, 0.29) is 17.3 Å². The molecule has 1 heterocycles. The first-order valence-electron chi connectivity index (χ1n) is 7.22. The number of thioether (sulfide) groups is 1. The molecule has 1 amide bonds. The summed E-state index contributed by atoms with van der Waals surface area (Å²) in [5.41, 5.74) is 0.602. The number of rotatable bonds is 8. The van der Waals surface area contributed by atoms with Crippen molar-refractivity contribution < 1.29 is 34.1 Å². The molecule has 10 nitrogen and oxygen atoms in total. The molecule has 3 N–H and O–H groups in total. The third-order valence-corrected chi connectivity index (χ3v) is 4.10. The van der Waals surface area contributed by atoms with Crippen molar-refractivity contribution in [3.63, 3.8) is 0 Å². The summed E-state index contributed by atoms with van der Waals surface area (Å²) < 4.78 is 10.2. The van der Waals surface area contributed by atoms with E-state index >= 15 is 0 Å². The van der Waals surface area contributed by atoms with Crippen LogP contribution in [0.4, 0.5) is 0 Å². The average molecular weight is 381 g/mol. The van der Waals surface area contributed by atoms with Crippen LogP contribution in [0, 0.1) is 0 Å². The van der Waals surface area contributed by atoms with Crippen LogP contribution < -0.4 is 14.8 Å². The number of carbonyl (C=O) groups excluding carboxylic acids is 1. The van der Waals surface area contributed by atoms with Crippen LogP contribution in [-0.4, -0.2) is 58.4 Å². The van der Waals surface area contributed by atoms with Gasteiger partial charge in [0, 0.05) is 0 Å². The molecule has 26 heavy (non-hydrogen) atoms. The highest BCUT2D eigenvalue weighted by atomic mass is 32.2. The van der Waals surface area contributed by atoms with Gasteiger partial charge >= 0.3 is 11.9 Å². The second kappa shape index (κ2) is 8.85. The Labute approximate surface area is 151 Å². The fraction of sp³-hybridized carbons (Fsp3) is 0.267. The molecule has 1 unspecified atom stereocenters. The smallest absolute Gasteiger partial charge is 0.341 e. The molecule has 0 aromatic heterocycles. The van der Waals surface area contributed by atoms with Gasteiger partial charge in [0.15, 0.2) is 23.3 Å². The first kappa shape index (κ1) is 19.2. The molecule has 138 valence electrons. The van der Waals surface area contributed by atoms with Crippen LogP contribution in [0.3, 0.4) is 0 Å². The third-order valence-electron chi connectivity index (χ3n) is 3.03. The topological polar surface area (TPSA) is 147 Å². The average Bonchev–Trinajstić information content (AvgIpc) is 2.92. The van der Waals surface area contributed by atoms with Crippen molar-refractivity contribution in [1.82, 2.24) is 5.32 Å². The second-order valence-electron chi connectivity index (χ2n) is 4.94. The van der Waals surface area contributed by atoms with E-state index < -0.39 is 29.7 Å². The summed E-state index contributed by atoms with van der Waals surface area (Å²) >= 11 is 0.996. The Bertz CT molecular complexity index is 779. The number of hydrogen-bond acceptors (Lipinski definition) is 8. The normalized spacial score (nSPS) is 18.1. The van der Waals surface area contributed by atoms with Gasteiger partial charge in [-0.15, -0.1) is 5.10 Å². The molecule has 2 rings (SSSR count). The van der Waals surface area contributed by atoms with Crippen molar-refractivity contribution in [2.24, 2.45) is 10.2 Å². The lowest BCUT2D eigenvalue weighted by Gasteiger charge is -2.09. The molecule has 0 saturated carbocycles. The monoisotopic (exact) mass is 381 g/mol. The van der Waals surface area contributed by atoms with Crippen LogP contribution in [0.15, 0.2) is 28.4 Å². The molecule has 1 aromatic carbocycles. The van der Waals surface area contributed by atoms with Crippen molar-refractivity contribution in [2.45, 2.75) is 11.7 Å². The minimum atomic E-state index is -1.11. The van der Waals surface area contributed by atoms with Gasteiger partial charge in [0.05, 0.1) is 19.7 Å². The maximum absolute atomic E-state index is 11.6. The van der Waals surface area contributed by atoms with Crippen LogP contribution in [0.2, 0.25) is 0 Å². The van der Waals surface area contributed by atoms with Crippen molar-refractivity contribution in [1.29, 1.82) is 0 Å². The van der Waals surface area contributed by atoms with E-state index in [1.165, 1.54) is 19.4 Å². The van der Waals surface area contributed by atoms with Gasteiger partial charge < -0.3 is 25.0 Å². The lowest BCUT2D eigenvalue weighted by molar-refractivity contribution is -0.139. The highest BCUT2D eigenvalue weighted by Gasteiger charge is 2.32. The summed E-state index contributed by atoms with van der Waals surface area (Å²) in [6.45, 7) is -0.494. The minimum Gasteiger partial charge on any atom is -0.493 e. The van der Waals surface area contributed by atoms with Crippen molar-refractivity contribution in [3.8, 4) is 11.5 Å². The summed E-state index contributed by atoms with van der Waals surface area (Å²) in [5, 5.41) is 27.0. The van der Waals surface area contributed by atoms with Gasteiger partial charge in [-0.3, -0.25) is 9.59 Å². The van der Waals surface area contributed by atoms with Gasteiger partial charge in [0.1, 0.15) is 5.25 Å². The number of carboxylic acids is 2. The summed E-state index contributed by atoms with van der Waals surface area (Å²) in [7, 11) is 1.41. The fourth-order valence-corrected chi connectivity index (χ4v) is 2.83. The van der Waals surface area contributed by atoms with Gasteiger partial charge in [-0.2, -0.15) is 5.10 Å². The first-order valence-corrected chi connectivity index (χ1v) is 8.10. The number of methoxy groups -OCH3 is 1. The number of carboxylic acid groups (broad SMARTS) is 2. The van der Waals surface area contributed by atoms with Crippen LogP contribution in [0.25, 0.3) is 0 Å². The number of aliphatic carboxylic acids is 2. The Kier molecular flexibility index (Phi) is 6.55. The molecule has 1 aromatic rings. The van der Waals surface area contributed by atoms with E-state index in [4.69, 9.17) is 19.7 Å². The Hall–Kier alpha value is -3.08. The molecule has 1 atom stereocenters. The summed E-state index contributed by atoms with van der Waals surface area (Å²) in [6.07, 6.45) is 1.10. The molecular weight excluding hydrogens is 366 g/mol. The predicted octanol–water partition coefficient (Wildman–Crippen LogP) is 0.555. The Morgan fingerprint density at radius 1 is 1.31 bits per heavy atom. The lowest BCUT2D eigenvalue weighted by Crippen LogP contribution is -2.26. The lowest BCUT2D eigenvalue weighted by atomic mass is 10.2. The number of carbonyl (C=O) groups is 3. The van der Waals surface area contributed by atoms with Crippen LogP contribution >= 0.6 is 11.8 Å². The van der Waals surface area contributed by atoms with Crippen LogP contribution in [0.1, 0.15) is 12.0 Å². The maximum Gasteiger partial charge on any atom is 0.341 e. The van der Waals surface area contributed by atoms with Gasteiger partial charge in [0.2, 0.25) is 5.91 Å². The summed E-state index contributed by atoms with van der Waals surface area (Å²) in [5.74, 6) is -2.00. The second-order valence-corrected chi connectivity index (χ2v) is 6.13. The van der Waals surface area contributed by atoms with E-state index in [1.807, 2.05) is 0 Å². The van der Waals surface area contributed by atoms with E-state index in [0.29, 0.717) is 11.3 Å². The molecule has 0 aliphatic carbocycles. The number of hydrogen-bond donors (Lipinski definition) is 3. The minimum absolute atomic E-state index is 0.214. The molecule has 1 saturated heterocycles. The van der Waals surface area contributed by atoms with Gasteiger partial charge in [-0.1, -0.05) is 11.8 Å². The molecule has 1 aliphatic heterocycles. The number of amidine groups is 1. The van der Waals surface area contributed by atoms with Crippen molar-refractivity contribution in [3.05, 3.63) is 23.8 Å². The fourth-order valence-electron chi connectivity index (χ4n) is 1.92. The van der Waals surface area contributed by atoms with Crippen molar-refractivity contribution in [2.75, 3.05) is 13.7 Å². The largest absolute Gasteiger partial charge is 0.493 e. The number of ether oxygens (including phenoxy) is 2. The molecule has 0 spiro atoms. The predicted molar refractivity (Wildman–Crippen MR) is 92.9 cm³/mol. The van der Waals surface area contributed by atoms with Crippen molar-refractivity contribution >= 4 is 41.0 Å². The van der Waals surface area contributed by atoms with E-state index in [2.05, 4.69) is 15.5 Å². The number of benzene rings is 1. The van der Waals surface area contributed by atoms with E-state index in [0.717, 1.165) is 11.8 Å². The molecule has 0 radical (unpaired) electrons. The zero-order valence-electron chi connectivity index (χ0n) is 13.5. The van der Waals surface area contributed by atoms with Gasteiger partial charge in [0.25, 0.3) is 0 Å². The van der Waals surface area contributed by atoms with Crippen LogP contribution in [0.5, 0.6) is 11.5 Å². The van der Waals surface area contributed by atoms with E-state index in [9.17, 15) is 14.4 Å². The third kappa shape index (κ3) is 5.48. The Morgan fingerprint density at radius 3 is 2.73 bits per heavy atom. The Morgan fingerprint density at radius 2 is 2.08 bits per heavy atom. The summed E-state index contributed by atoms with van der Waals surface area (Å²) in [4.78, 5) is 32.8. The van der Waals surface area contributed by atoms with Gasteiger partial charge in [-0.25, -0.2) is 4.79 Å². The van der Waals surface area contributed by atoms with Gasteiger partial charge in [-0.05, 0) is 23.8 Å². The number of nitrogens with one attached hydrogen (secondary N) is 1. The van der Waals surface area contributed by atoms with Crippen LogP contribution in [-0.2, 0) is 14.4 Å². The highest BCUT2D eigenvalue weighted by molar-refractivity contribution is 8.15. The zero-order valence-corrected chi connectivity index (χ0v) is 14.4. The number of nitrogens with zero attached hydrogens (tertiary/aromatic N) is 2. The molecular formula is C15H15N3O7S. The molecule has 11 heteroatoms. The SMILES string of the molecule is COc1cc(C=N/N=C2/NC(=O)C(CC(=O)O)S2)ccc1OCC(=O)O. The quantitative estimate of drug-likeness (QED) is 0.437. The van der Waals surface area contributed by atoms with E-state index in [1.54, 1.807) is 12.1 Å². The molecule has 0 bridgehead atoms. The first-order chi connectivity index (χ1) is 12.4. The standard InChI is InChI=1S/C15H15N3O7S/c1-24-10-4-8(2-3-9(10)25-7-13(21)22)6-16-18-15-17-14(23)11(26-15)5-12(19)20/h2-4,6,11H,5,7H2,1H3,(H,19,20)(H,21,22)(H,17,18,23). The maximum atomic E-state index is 11.6. The molecule has 1 fully saturated rings. The summed E-state index contributed by atoms with van der Waals surface area (Å²) in [6, 6.07) is 4.73. The molecule has 1 aliphatic rings. The highest BCUT2D eigenvalue weighted by Crippen LogP contribution is 2.27. The Balaban J connectivity index is 2.03. The number of amides is 1.